The van der Waals surface area contributed by atoms with E-state index in [-0.39, 0.29) is 18.6 Å². The number of hydrogen-bond donors (Lipinski definition) is 2. The molecule has 1 unspecified atom stereocenters. The summed E-state index contributed by atoms with van der Waals surface area (Å²) in [5, 5.41) is 0. The van der Waals surface area contributed by atoms with Crippen molar-refractivity contribution in [2.24, 2.45) is 17.4 Å². The first-order valence-corrected chi connectivity index (χ1v) is 8.96. The van der Waals surface area contributed by atoms with Crippen LogP contribution in [0.25, 0.3) is 0 Å². The second-order valence-electron chi connectivity index (χ2n) is 7.17. The number of nitrogens with zero attached hydrogens (tertiary/aromatic N) is 1. The molecule has 0 spiro atoms. The number of carbonyl (C=O) groups excluding carboxylic acids is 1. The van der Waals surface area contributed by atoms with E-state index < -0.39 is 11.8 Å². The molecule has 0 aliphatic heterocycles. The van der Waals surface area contributed by atoms with Crippen LogP contribution in [0, 0.1) is 5.92 Å². The summed E-state index contributed by atoms with van der Waals surface area (Å²) in [7, 11) is 0. The summed E-state index contributed by atoms with van der Waals surface area (Å²) in [5.41, 5.74) is 12.6. The number of rotatable bonds is 6. The van der Waals surface area contributed by atoms with Gasteiger partial charge in [0.25, 0.3) is 11.8 Å². The Hall–Kier alpha value is -1.53. The Labute approximate surface area is 148 Å². The van der Waals surface area contributed by atoms with Gasteiger partial charge in [0.05, 0.1) is 6.67 Å². The van der Waals surface area contributed by atoms with E-state index in [4.69, 9.17) is 11.5 Å². The number of hydrogen-bond acceptors (Lipinski definition) is 3. The standard InChI is InChI=1S/C19H29F2N3O/c1-13(19(2,20)21)15-5-7-16(8-6-15)18(25)24(12-23)17-9-3-14(11-22)4-10-17/h5-8,13-14,17H,3-4,9-12,22-23H2,1-2H3. The molecule has 4 N–H and O–H groups in total. The molecule has 1 aromatic carbocycles. The first-order chi connectivity index (χ1) is 11.8. The normalized spacial score (nSPS) is 22.5. The quantitative estimate of drug-likeness (QED) is 0.771. The van der Waals surface area contributed by atoms with Crippen LogP contribution < -0.4 is 11.5 Å². The molecule has 0 radical (unpaired) electrons. The van der Waals surface area contributed by atoms with Crippen molar-refractivity contribution in [1.29, 1.82) is 0 Å². The Morgan fingerprint density at radius 2 is 1.76 bits per heavy atom. The smallest absolute Gasteiger partial charge is 0.255 e. The molecule has 0 bridgehead atoms. The minimum Gasteiger partial charge on any atom is -0.330 e. The highest BCUT2D eigenvalue weighted by atomic mass is 19.3. The largest absolute Gasteiger partial charge is 0.330 e. The molecule has 0 heterocycles. The lowest BCUT2D eigenvalue weighted by molar-refractivity contribution is -0.00222. The van der Waals surface area contributed by atoms with Crippen LogP contribution in [0.5, 0.6) is 0 Å². The van der Waals surface area contributed by atoms with Gasteiger partial charge >= 0.3 is 0 Å². The maximum Gasteiger partial charge on any atom is 0.255 e. The fourth-order valence-electron chi connectivity index (χ4n) is 3.46. The second kappa shape index (κ2) is 8.23. The number of halogens is 2. The SMILES string of the molecule is CC(c1ccc(C(=O)N(CN)C2CCC(CN)CC2)cc1)C(C)(F)F. The molecule has 1 atom stereocenters. The Morgan fingerprint density at radius 1 is 1.20 bits per heavy atom. The molecule has 1 aliphatic rings. The topological polar surface area (TPSA) is 72.3 Å². The number of nitrogens with two attached hydrogens (primary N) is 2. The molecule has 4 nitrogen and oxygen atoms in total. The van der Waals surface area contributed by atoms with Crippen LogP contribution >= 0.6 is 0 Å². The fraction of sp³-hybridized carbons (Fsp3) is 0.632. The first kappa shape index (κ1) is 19.8. The van der Waals surface area contributed by atoms with Crippen molar-refractivity contribution in [1.82, 2.24) is 4.90 Å². The van der Waals surface area contributed by atoms with Crippen molar-refractivity contribution in [3.05, 3.63) is 35.4 Å². The molecule has 25 heavy (non-hydrogen) atoms. The van der Waals surface area contributed by atoms with Gasteiger partial charge in [-0.05, 0) is 62.8 Å². The maximum atomic E-state index is 13.4. The zero-order chi connectivity index (χ0) is 18.6. The number of benzene rings is 1. The lowest BCUT2D eigenvalue weighted by Crippen LogP contribution is -2.46. The zero-order valence-corrected chi connectivity index (χ0v) is 15.1. The van der Waals surface area contributed by atoms with Crippen LogP contribution in [0.15, 0.2) is 24.3 Å². The van der Waals surface area contributed by atoms with Gasteiger partial charge in [-0.1, -0.05) is 19.1 Å². The van der Waals surface area contributed by atoms with Crippen LogP contribution in [0.4, 0.5) is 8.78 Å². The Morgan fingerprint density at radius 3 is 2.20 bits per heavy atom. The third-order valence-electron chi connectivity index (χ3n) is 5.47. The summed E-state index contributed by atoms with van der Waals surface area (Å²) in [6.07, 6.45) is 3.82. The van der Waals surface area contributed by atoms with Gasteiger partial charge in [-0.3, -0.25) is 4.79 Å². The van der Waals surface area contributed by atoms with Crippen molar-refractivity contribution in [3.63, 3.8) is 0 Å². The predicted molar refractivity (Wildman–Crippen MR) is 95.5 cm³/mol. The molecule has 1 amide bonds. The molecule has 140 valence electrons. The summed E-state index contributed by atoms with van der Waals surface area (Å²) in [6, 6.07) is 6.58. The summed E-state index contributed by atoms with van der Waals surface area (Å²) in [4.78, 5) is 14.5. The third-order valence-corrected chi connectivity index (χ3v) is 5.47. The molecule has 1 aromatic rings. The lowest BCUT2D eigenvalue weighted by atomic mass is 9.85. The Balaban J connectivity index is 2.08. The van der Waals surface area contributed by atoms with E-state index in [0.29, 0.717) is 23.6 Å². The monoisotopic (exact) mass is 353 g/mol. The number of carbonyl (C=O) groups is 1. The van der Waals surface area contributed by atoms with E-state index in [1.807, 2.05) is 0 Å². The van der Waals surface area contributed by atoms with E-state index in [1.165, 1.54) is 6.92 Å². The summed E-state index contributed by atoms with van der Waals surface area (Å²) >= 11 is 0. The van der Waals surface area contributed by atoms with Gasteiger partial charge in [-0.15, -0.1) is 0 Å². The number of amides is 1. The van der Waals surface area contributed by atoms with Gasteiger partial charge in [0, 0.05) is 17.5 Å². The van der Waals surface area contributed by atoms with Crippen molar-refractivity contribution >= 4 is 5.91 Å². The summed E-state index contributed by atoms with van der Waals surface area (Å²) in [5.74, 6) is -3.30. The number of alkyl halides is 2. The fourth-order valence-corrected chi connectivity index (χ4v) is 3.46. The van der Waals surface area contributed by atoms with Crippen LogP contribution in [0.3, 0.4) is 0 Å². The molecular formula is C19H29F2N3O. The van der Waals surface area contributed by atoms with Crippen LogP contribution in [-0.4, -0.2) is 36.0 Å². The van der Waals surface area contributed by atoms with E-state index in [0.717, 1.165) is 32.6 Å². The van der Waals surface area contributed by atoms with Gasteiger partial charge in [0.1, 0.15) is 0 Å². The lowest BCUT2D eigenvalue weighted by Gasteiger charge is -2.36. The highest BCUT2D eigenvalue weighted by Crippen LogP contribution is 2.33. The van der Waals surface area contributed by atoms with E-state index in [9.17, 15) is 13.6 Å². The van der Waals surface area contributed by atoms with Gasteiger partial charge in [0.2, 0.25) is 0 Å². The van der Waals surface area contributed by atoms with Crippen LogP contribution in [0.1, 0.15) is 61.4 Å². The minimum atomic E-state index is -2.80. The van der Waals surface area contributed by atoms with Crippen molar-refractivity contribution < 1.29 is 13.6 Å². The van der Waals surface area contributed by atoms with Crippen molar-refractivity contribution in [3.8, 4) is 0 Å². The van der Waals surface area contributed by atoms with E-state index >= 15 is 0 Å². The molecule has 1 aliphatic carbocycles. The molecule has 1 fully saturated rings. The van der Waals surface area contributed by atoms with Gasteiger partial charge < -0.3 is 16.4 Å². The molecule has 2 rings (SSSR count). The molecule has 0 aromatic heterocycles. The average Bonchev–Trinajstić information content (AvgIpc) is 2.61. The van der Waals surface area contributed by atoms with E-state index in [1.54, 1.807) is 29.2 Å². The third kappa shape index (κ3) is 4.76. The molecule has 1 saturated carbocycles. The summed E-state index contributed by atoms with van der Waals surface area (Å²) in [6.45, 7) is 3.23. The maximum absolute atomic E-state index is 13.4. The molecule has 0 saturated heterocycles. The minimum absolute atomic E-state index is 0.124. The van der Waals surface area contributed by atoms with Crippen LogP contribution in [-0.2, 0) is 0 Å². The van der Waals surface area contributed by atoms with E-state index in [2.05, 4.69) is 0 Å². The predicted octanol–water partition coefficient (Wildman–Crippen LogP) is 3.32. The van der Waals surface area contributed by atoms with Gasteiger partial charge in [-0.25, -0.2) is 8.78 Å². The van der Waals surface area contributed by atoms with Crippen molar-refractivity contribution in [2.45, 2.75) is 57.4 Å². The van der Waals surface area contributed by atoms with Gasteiger partial charge in [-0.2, -0.15) is 0 Å². The zero-order valence-electron chi connectivity index (χ0n) is 15.1. The molecular weight excluding hydrogens is 324 g/mol. The average molecular weight is 353 g/mol. The Kier molecular flexibility index (Phi) is 6.52. The highest BCUT2D eigenvalue weighted by Gasteiger charge is 2.32. The molecule has 6 heteroatoms. The Bertz CT molecular complexity index is 563. The van der Waals surface area contributed by atoms with Crippen molar-refractivity contribution in [2.75, 3.05) is 13.2 Å². The summed E-state index contributed by atoms with van der Waals surface area (Å²) < 4.78 is 26.9. The highest BCUT2D eigenvalue weighted by molar-refractivity contribution is 5.94. The van der Waals surface area contributed by atoms with Gasteiger partial charge in [0.15, 0.2) is 0 Å². The second-order valence-corrected chi connectivity index (χ2v) is 7.17. The van der Waals surface area contributed by atoms with Crippen LogP contribution in [0.2, 0.25) is 0 Å². The first-order valence-electron chi connectivity index (χ1n) is 8.96.